The zero-order chi connectivity index (χ0) is 28.3. The molecule has 13 heteroatoms. The van der Waals surface area contributed by atoms with Crippen LogP contribution >= 0.6 is 0 Å². The van der Waals surface area contributed by atoms with Gasteiger partial charge in [0.25, 0.3) is 11.8 Å². The van der Waals surface area contributed by atoms with Crippen LogP contribution in [-0.4, -0.2) is 50.0 Å². The highest BCUT2D eigenvalue weighted by Crippen LogP contribution is 2.56. The van der Waals surface area contributed by atoms with E-state index in [2.05, 4.69) is 31.0 Å². The number of nitrogens with two attached hydrogens (primary N) is 1. The summed E-state index contributed by atoms with van der Waals surface area (Å²) in [7, 11) is 0. The molecular formula is C27H29N9O4. The Bertz CT molecular complexity index is 1530. The van der Waals surface area contributed by atoms with Gasteiger partial charge in [-0.1, -0.05) is 12.1 Å². The van der Waals surface area contributed by atoms with Crippen LogP contribution in [0, 0.1) is 22.3 Å². The monoisotopic (exact) mass is 543 g/mol. The standard InChI is InChI=1S/C27H29N9O4/c28-16-32-25(29)34-18-3-1-2-17(12-18)14-30-22(37)19-13-20(36-21(35-19)4-11-33-36)23(38)31-15-26-5-8-27(9-6-26,10-7-26)24(39)40/h1-4,11-13H,5-10,14-15H2,(H,30,37)(H,31,38)(H,39,40)(H3,29,32,34). The van der Waals surface area contributed by atoms with Crippen molar-refractivity contribution in [2.75, 3.05) is 6.54 Å². The molecule has 3 aromatic rings. The van der Waals surface area contributed by atoms with Crippen molar-refractivity contribution in [2.45, 2.75) is 45.1 Å². The fraction of sp³-hybridized carbons (Fsp3) is 0.370. The number of benzene rings is 1. The van der Waals surface area contributed by atoms with Gasteiger partial charge < -0.3 is 21.5 Å². The summed E-state index contributed by atoms with van der Waals surface area (Å²) in [6.45, 7) is 0.600. The molecule has 0 spiro atoms. The lowest BCUT2D eigenvalue weighted by Crippen LogP contribution is -2.50. The fourth-order valence-corrected chi connectivity index (χ4v) is 5.63. The van der Waals surface area contributed by atoms with Crippen LogP contribution in [0.25, 0.3) is 5.65 Å². The summed E-state index contributed by atoms with van der Waals surface area (Å²) < 4.78 is 1.39. The summed E-state index contributed by atoms with van der Waals surface area (Å²) in [6, 6.07) is 10.00. The molecule has 6 N–H and O–H groups in total. The number of carboxylic acids is 1. The van der Waals surface area contributed by atoms with E-state index in [1.54, 1.807) is 36.5 Å². The zero-order valence-corrected chi connectivity index (χ0v) is 21.7. The van der Waals surface area contributed by atoms with E-state index in [4.69, 9.17) is 11.0 Å². The molecular weight excluding hydrogens is 514 g/mol. The normalized spacial score (nSPS) is 21.9. The molecule has 206 valence electrons. The average Bonchev–Trinajstić information content (AvgIpc) is 3.44. The predicted octanol–water partition coefficient (Wildman–Crippen LogP) is 1.83. The Kier molecular flexibility index (Phi) is 7.08. The number of carbonyl (C=O) groups is 3. The number of rotatable bonds is 8. The molecule has 0 aliphatic heterocycles. The van der Waals surface area contributed by atoms with Crippen molar-refractivity contribution in [3.05, 3.63) is 59.5 Å². The molecule has 3 saturated carbocycles. The number of hydrogen-bond acceptors (Lipinski definition) is 7. The number of hydrogen-bond donors (Lipinski definition) is 5. The van der Waals surface area contributed by atoms with Crippen molar-refractivity contribution in [3.8, 4) is 6.19 Å². The van der Waals surface area contributed by atoms with E-state index in [-0.39, 0.29) is 35.2 Å². The molecule has 0 atom stereocenters. The molecule has 3 aliphatic rings. The summed E-state index contributed by atoms with van der Waals surface area (Å²) >= 11 is 0. The first kappa shape index (κ1) is 26.6. The number of carboxylic acid groups (broad SMARTS) is 1. The lowest BCUT2D eigenvalue weighted by Gasteiger charge is -2.51. The molecule has 1 aromatic carbocycles. The van der Waals surface area contributed by atoms with Gasteiger partial charge in [-0.2, -0.15) is 10.4 Å². The smallest absolute Gasteiger partial charge is 0.309 e. The van der Waals surface area contributed by atoms with Gasteiger partial charge in [0.1, 0.15) is 11.4 Å². The third-order valence-corrected chi connectivity index (χ3v) is 8.10. The summed E-state index contributed by atoms with van der Waals surface area (Å²) in [5.41, 5.74) is 6.74. The Hall–Kier alpha value is -4.99. The van der Waals surface area contributed by atoms with E-state index < -0.39 is 17.3 Å². The number of aliphatic carboxylic acids is 1. The minimum absolute atomic E-state index is 0.0484. The van der Waals surface area contributed by atoms with Crippen molar-refractivity contribution in [3.63, 3.8) is 0 Å². The van der Waals surface area contributed by atoms with Crippen molar-refractivity contribution in [1.29, 1.82) is 5.26 Å². The lowest BCUT2D eigenvalue weighted by atomic mass is 9.53. The number of aliphatic imine (C=N–C) groups is 1. The Balaban J connectivity index is 1.26. The molecule has 13 nitrogen and oxygen atoms in total. The molecule has 3 aliphatic carbocycles. The van der Waals surface area contributed by atoms with Gasteiger partial charge >= 0.3 is 5.97 Å². The maximum Gasteiger partial charge on any atom is 0.309 e. The van der Waals surface area contributed by atoms with E-state index in [0.29, 0.717) is 37.1 Å². The lowest BCUT2D eigenvalue weighted by molar-refractivity contribution is -0.158. The molecule has 2 bridgehead atoms. The Labute approximate surface area is 229 Å². The van der Waals surface area contributed by atoms with Crippen molar-refractivity contribution < 1.29 is 19.5 Å². The zero-order valence-electron chi connectivity index (χ0n) is 21.7. The van der Waals surface area contributed by atoms with Gasteiger partial charge in [-0.05, 0) is 61.6 Å². The molecule has 40 heavy (non-hydrogen) atoms. The first-order chi connectivity index (χ1) is 19.2. The third kappa shape index (κ3) is 5.28. The van der Waals surface area contributed by atoms with Crippen molar-refractivity contribution in [2.24, 2.45) is 21.6 Å². The first-order valence-corrected chi connectivity index (χ1v) is 13.0. The summed E-state index contributed by atoms with van der Waals surface area (Å²) in [4.78, 5) is 46.5. The molecule has 2 heterocycles. The second-order valence-electron chi connectivity index (χ2n) is 10.5. The number of fused-ring (bicyclic) bond motifs is 4. The van der Waals surface area contributed by atoms with Crippen molar-refractivity contribution >= 4 is 35.1 Å². The maximum absolute atomic E-state index is 13.3. The van der Waals surface area contributed by atoms with E-state index in [9.17, 15) is 19.5 Å². The second kappa shape index (κ2) is 10.6. The maximum atomic E-state index is 13.3. The average molecular weight is 544 g/mol. The van der Waals surface area contributed by atoms with E-state index in [0.717, 1.165) is 24.8 Å². The highest BCUT2D eigenvalue weighted by Gasteiger charge is 2.52. The SMILES string of the molecule is N#CNC(N)=Nc1cccc(CNC(=O)c2cc(C(=O)NCC34CCC(C(=O)O)(CC3)CC4)n3nccc3n2)c1. The molecule has 6 rings (SSSR count). The molecule has 0 saturated heterocycles. The highest BCUT2D eigenvalue weighted by molar-refractivity contribution is 5.98. The summed E-state index contributed by atoms with van der Waals surface area (Å²) in [6.07, 6.45) is 7.35. The van der Waals surface area contributed by atoms with Gasteiger partial charge in [-0.3, -0.25) is 19.7 Å². The Morgan fingerprint density at radius 2 is 1.82 bits per heavy atom. The topological polar surface area (TPSA) is 200 Å². The molecule has 3 fully saturated rings. The number of guanidine groups is 1. The van der Waals surface area contributed by atoms with E-state index in [1.165, 1.54) is 16.8 Å². The number of amides is 2. The van der Waals surface area contributed by atoms with E-state index in [1.807, 2.05) is 0 Å². The van der Waals surface area contributed by atoms with Crippen LogP contribution < -0.4 is 21.7 Å². The first-order valence-electron chi connectivity index (χ1n) is 13.0. The van der Waals surface area contributed by atoms with Crippen LogP contribution in [0.3, 0.4) is 0 Å². The molecule has 2 amide bonds. The van der Waals surface area contributed by atoms with Crippen molar-refractivity contribution in [1.82, 2.24) is 30.5 Å². The van der Waals surface area contributed by atoms with Crippen LogP contribution in [0.5, 0.6) is 0 Å². The van der Waals surface area contributed by atoms with E-state index >= 15 is 0 Å². The molecule has 0 radical (unpaired) electrons. The Morgan fingerprint density at radius 1 is 1.07 bits per heavy atom. The number of nitriles is 1. The fourth-order valence-electron chi connectivity index (χ4n) is 5.63. The third-order valence-electron chi connectivity index (χ3n) is 8.10. The number of aromatic nitrogens is 3. The van der Waals surface area contributed by atoms with Gasteiger partial charge in [0.05, 0.1) is 17.3 Å². The van der Waals surface area contributed by atoms with Crippen LogP contribution in [-0.2, 0) is 11.3 Å². The minimum atomic E-state index is -0.715. The largest absolute Gasteiger partial charge is 0.481 e. The predicted molar refractivity (Wildman–Crippen MR) is 143 cm³/mol. The second-order valence-corrected chi connectivity index (χ2v) is 10.5. The van der Waals surface area contributed by atoms with Crippen LogP contribution in [0.4, 0.5) is 5.69 Å². The number of carbonyl (C=O) groups excluding carboxylic acids is 2. The van der Waals surface area contributed by atoms with Crippen LogP contribution in [0.2, 0.25) is 0 Å². The minimum Gasteiger partial charge on any atom is -0.481 e. The van der Waals surface area contributed by atoms with Crippen LogP contribution in [0.1, 0.15) is 65.1 Å². The molecule has 2 aromatic heterocycles. The summed E-state index contributed by atoms with van der Waals surface area (Å²) in [5.74, 6) is -1.62. The van der Waals surface area contributed by atoms with Gasteiger partial charge in [-0.15, -0.1) is 0 Å². The molecule has 0 unspecified atom stereocenters. The number of nitrogens with zero attached hydrogens (tertiary/aromatic N) is 5. The quantitative estimate of drug-likeness (QED) is 0.122. The van der Waals surface area contributed by atoms with Gasteiger partial charge in [0.15, 0.2) is 11.8 Å². The number of nitrogens with one attached hydrogen (secondary N) is 3. The van der Waals surface area contributed by atoms with Gasteiger partial charge in [-0.25, -0.2) is 14.5 Å². The highest BCUT2D eigenvalue weighted by atomic mass is 16.4. The van der Waals surface area contributed by atoms with Gasteiger partial charge in [0.2, 0.25) is 5.96 Å². The van der Waals surface area contributed by atoms with Gasteiger partial charge in [0, 0.05) is 25.2 Å². The Morgan fingerprint density at radius 3 is 2.52 bits per heavy atom. The summed E-state index contributed by atoms with van der Waals surface area (Å²) in [5, 5.41) is 30.5. The van der Waals surface area contributed by atoms with Crippen LogP contribution in [0.15, 0.2) is 47.6 Å².